The van der Waals surface area contributed by atoms with Gasteiger partial charge in [0.2, 0.25) is 0 Å². The first kappa shape index (κ1) is 31.8. The van der Waals surface area contributed by atoms with Gasteiger partial charge in [0.15, 0.2) is 0 Å². The van der Waals surface area contributed by atoms with Gasteiger partial charge in [0.1, 0.15) is 11.9 Å². The second kappa shape index (κ2) is 20.6. The highest BCUT2D eigenvalue weighted by Gasteiger charge is 2.14. The zero-order valence-corrected chi connectivity index (χ0v) is 20.4. The maximum Gasteiger partial charge on any atom is 0.328 e. The molecule has 33 heavy (non-hydrogen) atoms. The molecular weight excluding hydrogens is 442 g/mol. The Morgan fingerprint density at radius 2 is 1.88 bits per heavy atom. The number of nitrogens with one attached hydrogen (secondary N) is 2. The van der Waals surface area contributed by atoms with Gasteiger partial charge in [-0.1, -0.05) is 48.0 Å². The van der Waals surface area contributed by atoms with Crippen molar-refractivity contribution in [3.63, 3.8) is 0 Å². The van der Waals surface area contributed by atoms with E-state index < -0.39 is 11.9 Å². The molecule has 1 aromatic rings. The minimum absolute atomic E-state index is 0.357. The molecule has 1 unspecified atom stereocenters. The molecule has 0 saturated carbocycles. The number of ether oxygens (including phenoxy) is 1. The summed E-state index contributed by atoms with van der Waals surface area (Å²) in [6.07, 6.45) is 15.7. The number of hydrogen-bond donors (Lipinski definition) is 3. The van der Waals surface area contributed by atoms with Crippen LogP contribution in [0.3, 0.4) is 0 Å². The third-order valence-electron chi connectivity index (χ3n) is 3.86. The van der Waals surface area contributed by atoms with E-state index in [-0.39, 0.29) is 5.97 Å². The van der Waals surface area contributed by atoms with Crippen molar-refractivity contribution in [3.8, 4) is 12.8 Å². The maximum absolute atomic E-state index is 11.6. The van der Waals surface area contributed by atoms with Gasteiger partial charge in [0.05, 0.1) is 7.11 Å². The van der Waals surface area contributed by atoms with Crippen molar-refractivity contribution in [2.45, 2.75) is 39.7 Å². The SMILES string of the molecule is C#C.C/C=C(\C)Cl.C=CCCN=C(Cc1ccc(/C=C/C(=O)NO)cc1)NC(C)C(=O)OC. The fraction of sp³-hybridized carbons (Fsp3) is 0.320. The second-order valence-electron chi connectivity index (χ2n) is 6.40. The van der Waals surface area contributed by atoms with Crippen LogP contribution in [0.4, 0.5) is 0 Å². The first-order valence-electron chi connectivity index (χ1n) is 10.1. The van der Waals surface area contributed by atoms with Gasteiger partial charge in [-0.15, -0.1) is 19.4 Å². The smallest absolute Gasteiger partial charge is 0.328 e. The number of amides is 1. The fourth-order valence-electron chi connectivity index (χ4n) is 2.08. The van der Waals surface area contributed by atoms with Crippen molar-refractivity contribution in [1.82, 2.24) is 10.8 Å². The Bertz CT molecular complexity index is 824. The molecule has 0 heterocycles. The van der Waals surface area contributed by atoms with E-state index in [1.165, 1.54) is 18.7 Å². The number of esters is 1. The maximum atomic E-state index is 11.6. The number of nitrogens with zero attached hydrogens (tertiary/aromatic N) is 1. The minimum atomic E-state index is -0.591. The van der Waals surface area contributed by atoms with Crippen LogP contribution in [-0.2, 0) is 20.7 Å². The van der Waals surface area contributed by atoms with Crippen molar-refractivity contribution in [2.75, 3.05) is 13.7 Å². The van der Waals surface area contributed by atoms with Crippen LogP contribution in [-0.4, -0.2) is 42.6 Å². The third kappa shape index (κ3) is 17.0. The molecule has 0 saturated heterocycles. The van der Waals surface area contributed by atoms with Crippen LogP contribution in [0.15, 0.2) is 59.1 Å². The Labute approximate surface area is 202 Å². The summed E-state index contributed by atoms with van der Waals surface area (Å²) in [5.41, 5.74) is 3.35. The van der Waals surface area contributed by atoms with E-state index in [0.29, 0.717) is 18.8 Å². The molecule has 0 fully saturated rings. The van der Waals surface area contributed by atoms with Crippen molar-refractivity contribution < 1.29 is 19.5 Å². The van der Waals surface area contributed by atoms with Crippen LogP contribution in [0.25, 0.3) is 6.08 Å². The molecule has 0 spiro atoms. The summed E-state index contributed by atoms with van der Waals surface area (Å²) in [6.45, 7) is 9.73. The van der Waals surface area contributed by atoms with E-state index in [9.17, 15) is 9.59 Å². The van der Waals surface area contributed by atoms with Gasteiger partial charge in [0.25, 0.3) is 5.91 Å². The van der Waals surface area contributed by atoms with Crippen LogP contribution < -0.4 is 10.8 Å². The highest BCUT2D eigenvalue weighted by atomic mass is 35.5. The number of hydroxylamine groups is 1. The lowest BCUT2D eigenvalue weighted by atomic mass is 10.1. The molecule has 7 nitrogen and oxygen atoms in total. The number of rotatable bonds is 9. The highest BCUT2D eigenvalue weighted by Crippen LogP contribution is 2.08. The predicted molar refractivity (Wildman–Crippen MR) is 136 cm³/mol. The standard InChI is InChI=1S/C19H25N3O4.C4H7Cl.C2H2/c1-4-5-12-20-17(21-14(2)19(24)26-3)13-16-8-6-15(7-9-16)10-11-18(23)22-25;1-3-4(2)5;1-2/h4,6-11,14,25H,1,5,12-13H2,2-3H3,(H,20,21)(H,22,23);3H,1-2H3;1-2H/b11-10+;4-3+;. The number of carbonyl (C=O) groups is 2. The summed E-state index contributed by atoms with van der Waals surface area (Å²) in [5, 5.41) is 12.4. The van der Waals surface area contributed by atoms with Gasteiger partial charge in [0, 0.05) is 24.1 Å². The summed E-state index contributed by atoms with van der Waals surface area (Å²) >= 11 is 5.32. The molecular formula is C25H34ClN3O4. The molecule has 0 radical (unpaired) electrons. The summed E-state index contributed by atoms with van der Waals surface area (Å²) in [7, 11) is 1.35. The molecule has 0 aliphatic rings. The number of methoxy groups -OCH3 is 1. The molecule has 0 aliphatic carbocycles. The quantitative estimate of drug-likeness (QED) is 0.0570. The average Bonchev–Trinajstić information content (AvgIpc) is 2.84. The Hall–Kier alpha value is -3.34. The number of allylic oxidation sites excluding steroid dienone is 2. The number of benzene rings is 1. The number of aliphatic imine (C=N–C) groups is 1. The molecule has 8 heteroatoms. The number of halogens is 1. The Morgan fingerprint density at radius 1 is 1.30 bits per heavy atom. The largest absolute Gasteiger partial charge is 0.467 e. The van der Waals surface area contributed by atoms with Crippen molar-refractivity contribution in [1.29, 1.82) is 0 Å². The zero-order chi connectivity index (χ0) is 25.6. The Kier molecular flexibility index (Phi) is 19.8. The number of amidine groups is 1. The second-order valence-corrected chi connectivity index (χ2v) is 6.99. The first-order valence-corrected chi connectivity index (χ1v) is 10.5. The molecule has 0 aliphatic heterocycles. The molecule has 1 amide bonds. The lowest BCUT2D eigenvalue weighted by Gasteiger charge is -2.15. The van der Waals surface area contributed by atoms with Gasteiger partial charge in [-0.3, -0.25) is 15.0 Å². The van der Waals surface area contributed by atoms with Crippen molar-refractivity contribution in [3.05, 3.63) is 65.2 Å². The van der Waals surface area contributed by atoms with E-state index in [2.05, 4.69) is 29.7 Å². The van der Waals surface area contributed by atoms with Crippen molar-refractivity contribution in [2.24, 2.45) is 4.99 Å². The Morgan fingerprint density at radius 3 is 2.33 bits per heavy atom. The van der Waals surface area contributed by atoms with Crippen LogP contribution in [0.2, 0.25) is 0 Å². The fourth-order valence-corrected chi connectivity index (χ4v) is 2.08. The van der Waals surface area contributed by atoms with Gasteiger partial charge in [-0.2, -0.15) is 0 Å². The molecule has 1 rings (SSSR count). The molecule has 0 aromatic heterocycles. The normalized spacial score (nSPS) is 11.8. The minimum Gasteiger partial charge on any atom is -0.467 e. The first-order chi connectivity index (χ1) is 15.8. The predicted octanol–water partition coefficient (Wildman–Crippen LogP) is 4.27. The van der Waals surface area contributed by atoms with E-state index in [1.807, 2.05) is 44.2 Å². The summed E-state index contributed by atoms with van der Waals surface area (Å²) < 4.78 is 4.73. The molecule has 180 valence electrons. The Balaban J connectivity index is 0. The van der Waals surface area contributed by atoms with Crippen LogP contribution in [0.1, 0.15) is 38.3 Å². The summed E-state index contributed by atoms with van der Waals surface area (Å²) in [6, 6.07) is 7.01. The van der Waals surface area contributed by atoms with Gasteiger partial charge in [-0.25, -0.2) is 10.3 Å². The van der Waals surface area contributed by atoms with E-state index in [4.69, 9.17) is 21.5 Å². The van der Waals surface area contributed by atoms with E-state index >= 15 is 0 Å². The molecule has 1 atom stereocenters. The summed E-state index contributed by atoms with van der Waals surface area (Å²) in [4.78, 5) is 27.1. The lowest BCUT2D eigenvalue weighted by Crippen LogP contribution is -2.40. The van der Waals surface area contributed by atoms with Crippen LogP contribution in [0.5, 0.6) is 0 Å². The topological polar surface area (TPSA) is 100 Å². The highest BCUT2D eigenvalue weighted by molar-refractivity contribution is 6.29. The number of terminal acetylenes is 1. The van der Waals surface area contributed by atoms with Crippen LogP contribution in [0, 0.1) is 12.8 Å². The monoisotopic (exact) mass is 475 g/mol. The van der Waals surface area contributed by atoms with Crippen LogP contribution >= 0.6 is 11.6 Å². The molecule has 3 N–H and O–H groups in total. The molecule has 1 aromatic carbocycles. The zero-order valence-electron chi connectivity index (χ0n) is 19.7. The molecule has 0 bridgehead atoms. The number of hydrogen-bond acceptors (Lipinski definition) is 5. The van der Waals surface area contributed by atoms with Gasteiger partial charge >= 0.3 is 5.97 Å². The lowest BCUT2D eigenvalue weighted by molar-refractivity contribution is -0.142. The number of carbonyl (C=O) groups excluding carboxylic acids is 2. The van der Waals surface area contributed by atoms with E-state index in [0.717, 1.165) is 22.6 Å². The van der Waals surface area contributed by atoms with Gasteiger partial charge in [-0.05, 0) is 44.4 Å². The van der Waals surface area contributed by atoms with E-state index in [1.54, 1.807) is 19.1 Å². The van der Waals surface area contributed by atoms with Crippen molar-refractivity contribution >= 4 is 35.4 Å². The summed E-state index contributed by atoms with van der Waals surface area (Å²) in [5.74, 6) is -0.261. The van der Waals surface area contributed by atoms with Gasteiger partial charge < -0.3 is 10.1 Å². The average molecular weight is 476 g/mol. The third-order valence-corrected chi connectivity index (χ3v) is 4.08.